The maximum Gasteiger partial charge on any atom is 0.416 e. The van der Waals surface area contributed by atoms with Crippen LogP contribution >= 0.6 is 24.8 Å². The summed E-state index contributed by atoms with van der Waals surface area (Å²) in [5.41, 5.74) is -0.427. The van der Waals surface area contributed by atoms with Gasteiger partial charge in [0.1, 0.15) is 0 Å². The number of aromatic nitrogens is 2. The lowest BCUT2D eigenvalue weighted by atomic mass is 10.1. The van der Waals surface area contributed by atoms with Crippen molar-refractivity contribution in [1.29, 1.82) is 0 Å². The molecule has 0 atom stereocenters. The first kappa shape index (κ1) is 20.7. The van der Waals surface area contributed by atoms with Gasteiger partial charge in [-0.25, -0.2) is 0 Å². The molecule has 134 valence electrons. The summed E-state index contributed by atoms with van der Waals surface area (Å²) in [4.78, 5) is 6.34. The fraction of sp³-hybridized carbons (Fsp3) is 0.429. The van der Waals surface area contributed by atoms with Crippen LogP contribution in [0.2, 0.25) is 0 Å². The topological polar surface area (TPSA) is 54.2 Å². The highest BCUT2D eigenvalue weighted by Gasteiger charge is 2.30. The predicted molar refractivity (Wildman–Crippen MR) is 87.4 cm³/mol. The molecule has 0 amide bonds. The molecular weight excluding hydrogens is 368 g/mol. The van der Waals surface area contributed by atoms with Crippen LogP contribution in [0.5, 0.6) is 0 Å². The smallest absolute Gasteiger partial charge is 0.338 e. The van der Waals surface area contributed by atoms with Gasteiger partial charge in [-0.2, -0.15) is 18.2 Å². The standard InChI is InChI=1S/C14H15F3N4O.2ClH/c15-14(16,17)11-3-1-2-10(8-11)13-19-12(22-20-13)9-21-6-4-18-5-7-21;;/h1-3,8,18H,4-7,9H2;2*1H. The molecule has 1 aromatic carbocycles. The Bertz CT molecular complexity index is 645. The number of nitrogens with one attached hydrogen (secondary N) is 1. The molecule has 2 aromatic rings. The van der Waals surface area contributed by atoms with Gasteiger partial charge in [0.2, 0.25) is 11.7 Å². The van der Waals surface area contributed by atoms with E-state index in [1.165, 1.54) is 12.1 Å². The van der Waals surface area contributed by atoms with Crippen LogP contribution in [0, 0.1) is 0 Å². The third-order valence-corrected chi connectivity index (χ3v) is 3.48. The molecule has 1 aromatic heterocycles. The number of benzene rings is 1. The number of rotatable bonds is 3. The first-order valence-electron chi connectivity index (χ1n) is 6.96. The number of alkyl halides is 3. The molecule has 1 aliphatic rings. The van der Waals surface area contributed by atoms with Crippen LogP contribution in [0.3, 0.4) is 0 Å². The lowest BCUT2D eigenvalue weighted by molar-refractivity contribution is -0.137. The average molecular weight is 385 g/mol. The quantitative estimate of drug-likeness (QED) is 0.881. The molecule has 0 aliphatic carbocycles. The minimum absolute atomic E-state index is 0. The number of hydrogen-bond acceptors (Lipinski definition) is 5. The molecule has 0 radical (unpaired) electrons. The van der Waals surface area contributed by atoms with E-state index in [2.05, 4.69) is 20.4 Å². The van der Waals surface area contributed by atoms with Crippen molar-refractivity contribution in [2.75, 3.05) is 26.2 Å². The van der Waals surface area contributed by atoms with E-state index in [4.69, 9.17) is 4.52 Å². The summed E-state index contributed by atoms with van der Waals surface area (Å²) < 4.78 is 43.3. The number of nitrogens with zero attached hydrogens (tertiary/aromatic N) is 3. The third kappa shape index (κ3) is 5.07. The molecule has 0 bridgehead atoms. The normalized spacial score (nSPS) is 15.5. The summed E-state index contributed by atoms with van der Waals surface area (Å²) in [6.45, 7) is 4.05. The Morgan fingerprint density at radius 3 is 2.54 bits per heavy atom. The van der Waals surface area contributed by atoms with Crippen LogP contribution in [-0.2, 0) is 12.7 Å². The summed E-state index contributed by atoms with van der Waals surface area (Å²) in [5.74, 6) is 0.588. The molecule has 0 spiro atoms. The molecule has 1 fully saturated rings. The van der Waals surface area contributed by atoms with E-state index < -0.39 is 11.7 Å². The van der Waals surface area contributed by atoms with E-state index in [-0.39, 0.29) is 30.6 Å². The van der Waals surface area contributed by atoms with Crippen LogP contribution in [0.15, 0.2) is 28.8 Å². The minimum atomic E-state index is -4.39. The molecule has 0 saturated carbocycles. The summed E-state index contributed by atoms with van der Waals surface area (Å²) in [5, 5.41) is 7.02. The lowest BCUT2D eigenvalue weighted by Crippen LogP contribution is -2.42. The van der Waals surface area contributed by atoms with E-state index in [0.29, 0.717) is 18.0 Å². The zero-order chi connectivity index (χ0) is 15.6. The average Bonchev–Trinajstić information content (AvgIpc) is 2.96. The van der Waals surface area contributed by atoms with Crippen molar-refractivity contribution in [1.82, 2.24) is 20.4 Å². The highest BCUT2D eigenvalue weighted by molar-refractivity contribution is 5.85. The number of hydrogen-bond donors (Lipinski definition) is 1. The van der Waals surface area contributed by atoms with Gasteiger partial charge in [0.05, 0.1) is 12.1 Å². The second-order valence-electron chi connectivity index (χ2n) is 5.12. The monoisotopic (exact) mass is 384 g/mol. The van der Waals surface area contributed by atoms with Crippen molar-refractivity contribution in [3.05, 3.63) is 35.7 Å². The molecule has 2 heterocycles. The molecular formula is C14H17Cl2F3N4O. The maximum absolute atomic E-state index is 12.7. The lowest BCUT2D eigenvalue weighted by Gasteiger charge is -2.25. The molecule has 10 heteroatoms. The van der Waals surface area contributed by atoms with Gasteiger partial charge >= 0.3 is 6.18 Å². The van der Waals surface area contributed by atoms with E-state index in [1.807, 2.05) is 0 Å². The fourth-order valence-electron chi connectivity index (χ4n) is 2.33. The van der Waals surface area contributed by atoms with E-state index in [0.717, 1.165) is 38.3 Å². The Morgan fingerprint density at radius 1 is 1.17 bits per heavy atom. The predicted octanol–water partition coefficient (Wildman–Crippen LogP) is 3.00. The van der Waals surface area contributed by atoms with E-state index >= 15 is 0 Å². The Balaban J connectivity index is 0.00000144. The number of halogens is 5. The summed E-state index contributed by atoms with van der Waals surface area (Å²) in [6, 6.07) is 4.92. The van der Waals surface area contributed by atoms with Crippen molar-refractivity contribution < 1.29 is 17.7 Å². The molecule has 5 nitrogen and oxygen atoms in total. The highest BCUT2D eigenvalue weighted by atomic mass is 35.5. The largest absolute Gasteiger partial charge is 0.416 e. The van der Waals surface area contributed by atoms with Crippen LogP contribution in [0.1, 0.15) is 11.5 Å². The first-order valence-corrected chi connectivity index (χ1v) is 6.96. The van der Waals surface area contributed by atoms with Crippen LogP contribution in [0.4, 0.5) is 13.2 Å². The van der Waals surface area contributed by atoms with E-state index in [1.54, 1.807) is 0 Å². The van der Waals surface area contributed by atoms with Crippen molar-refractivity contribution >= 4 is 24.8 Å². The third-order valence-electron chi connectivity index (χ3n) is 3.48. The van der Waals surface area contributed by atoms with Crippen molar-refractivity contribution in [2.45, 2.75) is 12.7 Å². The molecule has 1 N–H and O–H groups in total. The van der Waals surface area contributed by atoms with Crippen molar-refractivity contribution in [3.8, 4) is 11.4 Å². The van der Waals surface area contributed by atoms with Crippen LogP contribution in [0.25, 0.3) is 11.4 Å². The van der Waals surface area contributed by atoms with Crippen molar-refractivity contribution in [2.24, 2.45) is 0 Å². The van der Waals surface area contributed by atoms with Gasteiger partial charge in [0.15, 0.2) is 0 Å². The van der Waals surface area contributed by atoms with Gasteiger partial charge in [0.25, 0.3) is 0 Å². The Labute approximate surface area is 149 Å². The molecule has 3 rings (SSSR count). The van der Waals surface area contributed by atoms with Crippen LogP contribution in [-0.4, -0.2) is 41.2 Å². The number of piperazine rings is 1. The zero-order valence-electron chi connectivity index (χ0n) is 12.5. The molecule has 1 saturated heterocycles. The fourth-order valence-corrected chi connectivity index (χ4v) is 2.33. The van der Waals surface area contributed by atoms with Gasteiger partial charge in [-0.05, 0) is 12.1 Å². The SMILES string of the molecule is Cl.Cl.FC(F)(F)c1cccc(-c2noc(CN3CCNCC3)n2)c1. The highest BCUT2D eigenvalue weighted by Crippen LogP contribution is 2.31. The van der Waals surface area contributed by atoms with Crippen LogP contribution < -0.4 is 5.32 Å². The van der Waals surface area contributed by atoms with Crippen molar-refractivity contribution in [3.63, 3.8) is 0 Å². The van der Waals surface area contributed by atoms with Gasteiger partial charge in [-0.15, -0.1) is 24.8 Å². The summed E-state index contributed by atoms with van der Waals surface area (Å²) in [7, 11) is 0. The Hall–Kier alpha value is -1.35. The summed E-state index contributed by atoms with van der Waals surface area (Å²) in [6.07, 6.45) is -4.39. The van der Waals surface area contributed by atoms with Gasteiger partial charge in [0, 0.05) is 31.7 Å². The van der Waals surface area contributed by atoms with Gasteiger partial charge in [-0.1, -0.05) is 17.3 Å². The minimum Gasteiger partial charge on any atom is -0.338 e. The molecule has 0 unspecified atom stereocenters. The summed E-state index contributed by atoms with van der Waals surface area (Å²) >= 11 is 0. The second-order valence-corrected chi connectivity index (χ2v) is 5.12. The van der Waals surface area contributed by atoms with Gasteiger partial charge in [-0.3, -0.25) is 4.90 Å². The van der Waals surface area contributed by atoms with Gasteiger partial charge < -0.3 is 9.84 Å². The zero-order valence-corrected chi connectivity index (χ0v) is 14.2. The van der Waals surface area contributed by atoms with E-state index in [9.17, 15) is 13.2 Å². The molecule has 1 aliphatic heterocycles. The second kappa shape index (κ2) is 8.66. The Morgan fingerprint density at radius 2 is 1.88 bits per heavy atom. The molecule has 24 heavy (non-hydrogen) atoms. The Kier molecular flexibility index (Phi) is 7.47. The first-order chi connectivity index (χ1) is 10.5. The maximum atomic E-state index is 12.7.